The van der Waals surface area contributed by atoms with Crippen molar-refractivity contribution in [1.29, 1.82) is 0 Å². The summed E-state index contributed by atoms with van der Waals surface area (Å²) in [6, 6.07) is 15.5. The number of benzene rings is 2. The van der Waals surface area contributed by atoms with Gasteiger partial charge in [-0.1, -0.05) is 30.3 Å². The van der Waals surface area contributed by atoms with Gasteiger partial charge in [0.2, 0.25) is 11.8 Å². The molecule has 1 aromatic heterocycles. The maximum Gasteiger partial charge on any atom is 0.407 e. The number of nitrogens with zero attached hydrogens (tertiary/aromatic N) is 2. The van der Waals surface area contributed by atoms with Crippen molar-refractivity contribution < 1.29 is 37.8 Å². The summed E-state index contributed by atoms with van der Waals surface area (Å²) in [5.41, 5.74) is 1.91. The van der Waals surface area contributed by atoms with Gasteiger partial charge in [0, 0.05) is 54.6 Å². The number of esters is 1. The number of hydrogen-bond donors (Lipinski definition) is 3. The lowest BCUT2D eigenvalue weighted by molar-refractivity contribution is -0.141. The molecule has 2 aromatic carbocycles. The van der Waals surface area contributed by atoms with Gasteiger partial charge in [0.1, 0.15) is 30.6 Å². The van der Waals surface area contributed by atoms with Gasteiger partial charge in [-0.15, -0.1) is 0 Å². The van der Waals surface area contributed by atoms with Crippen molar-refractivity contribution >= 4 is 40.5 Å². The van der Waals surface area contributed by atoms with Gasteiger partial charge in [-0.05, 0) is 88.6 Å². The summed E-state index contributed by atoms with van der Waals surface area (Å²) in [6.45, 7) is 8.91. The van der Waals surface area contributed by atoms with E-state index < -0.39 is 36.4 Å². The van der Waals surface area contributed by atoms with Crippen molar-refractivity contribution in [3.63, 3.8) is 0 Å². The number of amides is 3. The third-order valence-electron chi connectivity index (χ3n) is 10.6. The Balaban J connectivity index is 1.10. The molecule has 3 N–H and O–H groups in total. The molecule has 6 rings (SSSR count). The molecule has 2 saturated heterocycles. The van der Waals surface area contributed by atoms with Crippen LogP contribution in [0.25, 0.3) is 10.9 Å². The molecule has 2 aliphatic heterocycles. The van der Waals surface area contributed by atoms with Crippen molar-refractivity contribution in [3.05, 3.63) is 65.9 Å². The number of aromatic nitrogens is 1. The Morgan fingerprint density at radius 2 is 1.70 bits per heavy atom. The van der Waals surface area contributed by atoms with E-state index >= 15 is 0 Å². The van der Waals surface area contributed by atoms with Gasteiger partial charge in [-0.2, -0.15) is 0 Å². The number of anilines is 1. The topological polar surface area (TPSA) is 142 Å². The largest absolute Gasteiger partial charge is 0.460 e. The number of likely N-dealkylation sites (tertiary alicyclic amines) is 1. The Morgan fingerprint density at radius 3 is 2.40 bits per heavy atom. The van der Waals surface area contributed by atoms with Crippen molar-refractivity contribution in [2.24, 2.45) is 11.8 Å². The fraction of sp³-hybridized carbons (Fsp3) is 0.550. The predicted octanol–water partition coefficient (Wildman–Crippen LogP) is 5.65. The summed E-state index contributed by atoms with van der Waals surface area (Å²) in [4.78, 5) is 60.5. The number of ether oxygens (including phenoxy) is 3. The van der Waals surface area contributed by atoms with Gasteiger partial charge in [0.25, 0.3) is 0 Å². The summed E-state index contributed by atoms with van der Waals surface area (Å²) >= 11 is 0. The molecule has 3 amide bonds. The van der Waals surface area contributed by atoms with Crippen LogP contribution in [-0.4, -0.2) is 109 Å². The Kier molecular flexibility index (Phi) is 12.3. The smallest absolute Gasteiger partial charge is 0.407 e. The van der Waals surface area contributed by atoms with E-state index in [0.717, 1.165) is 29.6 Å². The Morgan fingerprint density at radius 1 is 0.962 bits per heavy atom. The summed E-state index contributed by atoms with van der Waals surface area (Å²) < 4.78 is 30.3. The first-order valence-corrected chi connectivity index (χ1v) is 18.8. The van der Waals surface area contributed by atoms with Crippen LogP contribution >= 0.6 is 0 Å². The van der Waals surface area contributed by atoms with Crippen LogP contribution in [0, 0.1) is 11.8 Å². The molecular weight excluding hydrogens is 681 g/mol. The summed E-state index contributed by atoms with van der Waals surface area (Å²) in [5, 5.41) is 6.49. The molecule has 0 bridgehead atoms. The number of carbonyl (C=O) groups is 4. The highest BCUT2D eigenvalue weighted by Gasteiger charge is 2.45. The van der Waals surface area contributed by atoms with Crippen LogP contribution in [0.1, 0.15) is 74.8 Å². The lowest BCUT2D eigenvalue weighted by Gasteiger charge is -2.36. The average Bonchev–Trinajstić information content (AvgIpc) is 3.79. The number of fused-ring (bicyclic) bond motifs is 1. The van der Waals surface area contributed by atoms with Gasteiger partial charge >= 0.3 is 12.1 Å². The van der Waals surface area contributed by atoms with Crippen molar-refractivity contribution in [2.75, 3.05) is 58.0 Å². The van der Waals surface area contributed by atoms with Crippen molar-refractivity contribution in [1.82, 2.24) is 20.1 Å². The number of alkyl halides is 1. The highest BCUT2D eigenvalue weighted by Crippen LogP contribution is 2.39. The minimum Gasteiger partial charge on any atom is -0.460 e. The third kappa shape index (κ3) is 9.74. The zero-order chi connectivity index (χ0) is 37.5. The van der Waals surface area contributed by atoms with Crippen molar-refractivity contribution in [3.8, 4) is 0 Å². The van der Waals surface area contributed by atoms with E-state index in [1.54, 1.807) is 43.9 Å². The monoisotopic (exact) mass is 733 g/mol. The highest BCUT2D eigenvalue weighted by atomic mass is 19.1. The third-order valence-corrected chi connectivity index (χ3v) is 10.6. The zero-order valence-electron chi connectivity index (χ0n) is 30.9. The molecule has 0 radical (unpaired) electrons. The van der Waals surface area contributed by atoms with Gasteiger partial charge < -0.3 is 34.7 Å². The molecule has 3 aliphatic rings. The van der Waals surface area contributed by atoms with E-state index in [0.29, 0.717) is 69.8 Å². The number of H-pyrrole nitrogens is 1. The summed E-state index contributed by atoms with van der Waals surface area (Å²) in [6.07, 6.45) is 2.23. The van der Waals surface area contributed by atoms with Crippen LogP contribution in [0.15, 0.2) is 54.6 Å². The SMILES string of the molecule is CC(C)(C)OC(=O)N[C@H](CF)C1CCC(C(=O)N2CC[C@H](c3ccccc3)[C@@H]2C(=O)Nc2ccc3[nH]c(C(=O)OCCN4CCOCC4)cc3c2)CC1. The second-order valence-electron chi connectivity index (χ2n) is 15.4. The lowest BCUT2D eigenvalue weighted by atomic mass is 9.78. The molecule has 12 nitrogen and oxygen atoms in total. The Bertz CT molecular complexity index is 1730. The van der Waals surface area contributed by atoms with Crippen LogP contribution in [0.5, 0.6) is 0 Å². The number of halogens is 1. The maximum atomic E-state index is 14.2. The molecule has 3 aromatic rings. The van der Waals surface area contributed by atoms with Crippen molar-refractivity contribution in [2.45, 2.75) is 76.5 Å². The molecule has 3 fully saturated rings. The second-order valence-corrected chi connectivity index (χ2v) is 15.4. The highest BCUT2D eigenvalue weighted by molar-refractivity contribution is 6.01. The molecule has 53 heavy (non-hydrogen) atoms. The molecule has 1 saturated carbocycles. The minimum atomic E-state index is -0.728. The standard InChI is InChI=1S/C40H52FN5O7/c1-40(2,3)53-39(50)44-34(25-41)27-9-11-28(12-10-27)37(48)46-16-15-31(26-7-5-4-6-8-26)35(46)36(47)42-30-13-14-32-29(23-30)24-33(43-32)38(49)52-22-19-45-17-20-51-21-18-45/h4-8,13-14,23-24,27-28,31,34-35,43H,9-12,15-22,25H2,1-3H3,(H,42,47)(H,44,50)/t27?,28?,31-,34-,35-/m1/s1. The maximum absolute atomic E-state index is 14.2. The number of hydrogen-bond acceptors (Lipinski definition) is 8. The van der Waals surface area contributed by atoms with Gasteiger partial charge in [0.05, 0.1) is 19.3 Å². The molecule has 0 unspecified atom stereocenters. The Labute approximate surface area is 310 Å². The fourth-order valence-corrected chi connectivity index (χ4v) is 7.86. The fourth-order valence-electron chi connectivity index (χ4n) is 7.86. The number of nitrogens with one attached hydrogen (secondary N) is 3. The first kappa shape index (κ1) is 38.2. The van der Waals surface area contributed by atoms with Crippen LogP contribution in [-0.2, 0) is 23.8 Å². The molecular formula is C40H52FN5O7. The van der Waals surface area contributed by atoms with Crippen LogP contribution in [0.3, 0.4) is 0 Å². The second kappa shape index (κ2) is 17.1. The van der Waals surface area contributed by atoms with Crippen LogP contribution < -0.4 is 10.6 Å². The number of aromatic amines is 1. The number of rotatable bonds is 11. The van der Waals surface area contributed by atoms with E-state index in [9.17, 15) is 23.6 Å². The van der Waals surface area contributed by atoms with E-state index in [2.05, 4.69) is 20.5 Å². The van der Waals surface area contributed by atoms with Gasteiger partial charge in [0.15, 0.2) is 0 Å². The molecule has 13 heteroatoms. The normalized spacial score (nSPS) is 23.0. The zero-order valence-corrected chi connectivity index (χ0v) is 30.9. The molecule has 1 aliphatic carbocycles. The number of morpholine rings is 1. The molecule has 286 valence electrons. The number of alkyl carbamates (subject to hydrolysis) is 1. The summed E-state index contributed by atoms with van der Waals surface area (Å²) in [7, 11) is 0. The van der Waals surface area contributed by atoms with E-state index in [4.69, 9.17) is 14.2 Å². The van der Waals surface area contributed by atoms with E-state index in [-0.39, 0.29) is 36.2 Å². The van der Waals surface area contributed by atoms with Gasteiger partial charge in [-0.3, -0.25) is 14.5 Å². The predicted molar refractivity (Wildman–Crippen MR) is 198 cm³/mol. The first-order valence-electron chi connectivity index (χ1n) is 18.8. The van der Waals surface area contributed by atoms with Crippen LogP contribution in [0.4, 0.5) is 14.9 Å². The average molecular weight is 734 g/mol. The molecule has 0 spiro atoms. The molecule has 3 atom stereocenters. The van der Waals surface area contributed by atoms with E-state index in [1.165, 1.54) is 0 Å². The summed E-state index contributed by atoms with van der Waals surface area (Å²) in [5.74, 6) is -1.42. The minimum absolute atomic E-state index is 0.0724. The molecule has 3 heterocycles. The first-order chi connectivity index (χ1) is 25.5. The quantitative estimate of drug-likeness (QED) is 0.215. The van der Waals surface area contributed by atoms with Gasteiger partial charge in [-0.25, -0.2) is 14.0 Å². The number of carbonyl (C=O) groups excluding carboxylic acids is 4. The lowest BCUT2D eigenvalue weighted by Crippen LogP contribution is -2.49. The van der Waals surface area contributed by atoms with Crippen LogP contribution in [0.2, 0.25) is 0 Å². The Hall–Kier alpha value is -4.49. The van der Waals surface area contributed by atoms with E-state index in [1.807, 2.05) is 36.4 Å².